The quantitative estimate of drug-likeness (QED) is 0.604. The van der Waals surface area contributed by atoms with Gasteiger partial charge >= 0.3 is 0 Å². The van der Waals surface area contributed by atoms with Crippen LogP contribution in [0.25, 0.3) is 0 Å². The molecule has 0 spiro atoms. The summed E-state index contributed by atoms with van der Waals surface area (Å²) in [5.74, 6) is -0.995. The number of fused-ring (bicyclic) bond motifs is 1. The Morgan fingerprint density at radius 1 is 1.03 bits per heavy atom. The molecule has 1 aromatic carbocycles. The molecule has 0 radical (unpaired) electrons. The van der Waals surface area contributed by atoms with Crippen LogP contribution in [0.15, 0.2) is 30.3 Å². The molecule has 1 aromatic rings. The Kier molecular flexibility index (Phi) is 6.23. The first-order valence-corrected chi connectivity index (χ1v) is 13.5. The monoisotopic (exact) mass is 456 g/mol. The van der Waals surface area contributed by atoms with Gasteiger partial charge in [-0.15, -0.1) is 0 Å². The van der Waals surface area contributed by atoms with Crippen LogP contribution in [0.4, 0.5) is 0 Å². The van der Waals surface area contributed by atoms with E-state index in [0.717, 1.165) is 11.5 Å². The Labute approximate surface area is 184 Å². The van der Waals surface area contributed by atoms with E-state index >= 15 is 0 Å². The van der Waals surface area contributed by atoms with Gasteiger partial charge in [0.1, 0.15) is 24.4 Å². The van der Waals surface area contributed by atoms with Gasteiger partial charge in [-0.05, 0) is 33.6 Å². The highest BCUT2D eigenvalue weighted by Crippen LogP contribution is 2.53. The van der Waals surface area contributed by atoms with Gasteiger partial charge in [-0.3, -0.25) is 0 Å². The molecule has 0 aliphatic carbocycles. The van der Waals surface area contributed by atoms with Crippen LogP contribution in [0.2, 0.25) is 0 Å². The zero-order valence-corrected chi connectivity index (χ0v) is 20.3. The Balaban J connectivity index is 1.65. The molecule has 3 fully saturated rings. The van der Waals surface area contributed by atoms with E-state index in [1.54, 1.807) is 0 Å². The third-order valence-electron chi connectivity index (χ3n) is 5.47. The molecule has 168 valence electrons. The third kappa shape index (κ3) is 4.69. The molecule has 0 saturated carbocycles. The molecule has 3 saturated heterocycles. The Hall–Kier alpha value is -0.370. The first kappa shape index (κ1) is 22.8. The molecular formula is C22H33O6PS. The zero-order valence-electron chi connectivity index (χ0n) is 18.6. The lowest BCUT2D eigenvalue weighted by molar-refractivity contribution is -0.230. The average molecular weight is 457 g/mol. The molecule has 6 atom stereocenters. The lowest BCUT2D eigenvalue weighted by atomic mass is 10.1. The van der Waals surface area contributed by atoms with Crippen LogP contribution in [0.5, 0.6) is 0 Å². The van der Waals surface area contributed by atoms with Crippen LogP contribution in [0.1, 0.15) is 41.5 Å². The van der Waals surface area contributed by atoms with Gasteiger partial charge in [0, 0.05) is 11.5 Å². The topological polar surface area (TPSA) is 55.4 Å². The number of benzene rings is 1. The Morgan fingerprint density at radius 2 is 1.73 bits per heavy atom. The maximum absolute atomic E-state index is 6.86. The standard InChI is InChI=1S/C22H33O6PS/c1-14(2)13-29(30,15-10-8-7-9-11-15)28-18-17(16-12-23-21(3,4)25-16)24-20-19(18)26-22(5,6)27-20/h7-11,14,16-20H,12-13H2,1-6H3/t16-,17-,18+,19-,20-,29?/m1/s1. The molecule has 6 nitrogen and oxygen atoms in total. The fourth-order valence-electron chi connectivity index (χ4n) is 4.34. The van der Waals surface area contributed by atoms with Gasteiger partial charge in [0.2, 0.25) is 0 Å². The fraction of sp³-hybridized carbons (Fsp3) is 0.727. The molecule has 0 N–H and O–H groups in total. The van der Waals surface area contributed by atoms with Crippen molar-refractivity contribution < 1.29 is 28.2 Å². The van der Waals surface area contributed by atoms with Gasteiger partial charge in [0.25, 0.3) is 0 Å². The third-order valence-corrected chi connectivity index (χ3v) is 9.69. The van der Waals surface area contributed by atoms with E-state index in [4.69, 9.17) is 40.0 Å². The maximum atomic E-state index is 6.86. The van der Waals surface area contributed by atoms with Crippen LogP contribution in [-0.2, 0) is 40.0 Å². The van der Waals surface area contributed by atoms with Gasteiger partial charge in [-0.25, -0.2) is 0 Å². The van der Waals surface area contributed by atoms with Crippen molar-refractivity contribution in [3.63, 3.8) is 0 Å². The van der Waals surface area contributed by atoms with Gasteiger partial charge in [-0.2, -0.15) is 0 Å². The summed E-state index contributed by atoms with van der Waals surface area (Å²) in [6.45, 7) is 12.4. The summed E-state index contributed by atoms with van der Waals surface area (Å²) in [6.07, 6.45) is -3.49. The van der Waals surface area contributed by atoms with Crippen molar-refractivity contribution in [1.29, 1.82) is 0 Å². The van der Waals surface area contributed by atoms with Crippen molar-refractivity contribution >= 4 is 23.4 Å². The number of ether oxygens (including phenoxy) is 5. The molecule has 0 amide bonds. The smallest absolute Gasteiger partial charge is 0.190 e. The lowest BCUT2D eigenvalue weighted by Crippen LogP contribution is -2.44. The summed E-state index contributed by atoms with van der Waals surface area (Å²) >= 11 is 6.24. The maximum Gasteiger partial charge on any atom is 0.190 e. The van der Waals surface area contributed by atoms with Crippen LogP contribution < -0.4 is 5.30 Å². The number of hydrogen-bond donors (Lipinski definition) is 0. The van der Waals surface area contributed by atoms with Crippen LogP contribution >= 0.6 is 6.26 Å². The molecule has 4 rings (SSSR count). The minimum atomic E-state index is -2.36. The molecule has 0 bridgehead atoms. The van der Waals surface area contributed by atoms with Gasteiger partial charge in [-0.1, -0.05) is 56.0 Å². The number of rotatable bonds is 6. The van der Waals surface area contributed by atoms with Crippen molar-refractivity contribution in [1.82, 2.24) is 0 Å². The minimum absolute atomic E-state index is 0.274. The SMILES string of the molecule is CC(C)CP(=S)(O[C@@H]1[C@H]2OC(C)(C)O[C@H]2O[C@@H]1[C@H]1COC(C)(C)O1)c1ccccc1. The molecule has 3 aliphatic heterocycles. The van der Waals surface area contributed by atoms with E-state index in [-0.39, 0.29) is 18.3 Å². The summed E-state index contributed by atoms with van der Waals surface area (Å²) in [7, 11) is 0. The largest absolute Gasteiger partial charge is 0.348 e. The van der Waals surface area contributed by atoms with Crippen LogP contribution in [-0.4, -0.2) is 55.0 Å². The molecule has 3 aliphatic rings. The van der Waals surface area contributed by atoms with Crippen molar-refractivity contribution in [2.24, 2.45) is 5.92 Å². The molecule has 30 heavy (non-hydrogen) atoms. The van der Waals surface area contributed by atoms with Crippen molar-refractivity contribution in [2.45, 2.75) is 83.8 Å². The van der Waals surface area contributed by atoms with E-state index in [2.05, 4.69) is 26.0 Å². The predicted molar refractivity (Wildman–Crippen MR) is 119 cm³/mol. The normalized spacial score (nSPS) is 36.7. The minimum Gasteiger partial charge on any atom is -0.348 e. The summed E-state index contributed by atoms with van der Waals surface area (Å²) in [5, 5.41) is 1.07. The fourth-order valence-corrected chi connectivity index (χ4v) is 8.54. The Morgan fingerprint density at radius 3 is 2.33 bits per heavy atom. The van der Waals surface area contributed by atoms with Crippen molar-refractivity contribution in [2.75, 3.05) is 12.8 Å². The summed E-state index contributed by atoms with van der Waals surface area (Å²) in [5.41, 5.74) is 0. The second kappa shape index (κ2) is 8.20. The lowest BCUT2D eigenvalue weighted by Gasteiger charge is -2.34. The van der Waals surface area contributed by atoms with Crippen LogP contribution in [0.3, 0.4) is 0 Å². The second-order valence-electron chi connectivity index (χ2n) is 9.59. The molecule has 8 heteroatoms. The van der Waals surface area contributed by atoms with Gasteiger partial charge in [0.05, 0.1) is 12.9 Å². The predicted octanol–water partition coefficient (Wildman–Crippen LogP) is 3.78. The highest BCUT2D eigenvalue weighted by atomic mass is 32.4. The zero-order chi connectivity index (χ0) is 21.7. The summed E-state index contributed by atoms with van der Waals surface area (Å²) < 4.78 is 37.3. The molecule has 1 unspecified atom stereocenters. The van der Waals surface area contributed by atoms with Gasteiger partial charge in [0.15, 0.2) is 17.9 Å². The van der Waals surface area contributed by atoms with E-state index in [1.807, 2.05) is 45.9 Å². The van der Waals surface area contributed by atoms with E-state index in [9.17, 15) is 0 Å². The first-order valence-electron chi connectivity index (χ1n) is 10.6. The Bertz CT molecular complexity index is 798. The van der Waals surface area contributed by atoms with Crippen molar-refractivity contribution in [3.8, 4) is 0 Å². The van der Waals surface area contributed by atoms with Gasteiger partial charge < -0.3 is 28.2 Å². The average Bonchev–Trinajstić information content (AvgIpc) is 3.25. The summed E-state index contributed by atoms with van der Waals surface area (Å²) in [4.78, 5) is 0. The van der Waals surface area contributed by atoms with E-state index in [1.165, 1.54) is 0 Å². The number of hydrogen-bond acceptors (Lipinski definition) is 7. The highest BCUT2D eigenvalue weighted by Gasteiger charge is 2.59. The van der Waals surface area contributed by atoms with Crippen LogP contribution in [0, 0.1) is 5.92 Å². The van der Waals surface area contributed by atoms with E-state index < -0.39 is 30.2 Å². The summed E-state index contributed by atoms with van der Waals surface area (Å²) in [6, 6.07) is 10.2. The van der Waals surface area contributed by atoms with Crippen molar-refractivity contribution in [3.05, 3.63) is 30.3 Å². The highest BCUT2D eigenvalue weighted by molar-refractivity contribution is 8.15. The van der Waals surface area contributed by atoms with E-state index in [0.29, 0.717) is 12.5 Å². The molecule has 0 aromatic heterocycles. The molecule has 3 heterocycles. The second-order valence-corrected chi connectivity index (χ2v) is 13.8. The first-order chi connectivity index (χ1) is 14.0. The molecular weight excluding hydrogens is 423 g/mol.